The van der Waals surface area contributed by atoms with Gasteiger partial charge in [0.05, 0.1) is 6.10 Å². The lowest BCUT2D eigenvalue weighted by Crippen LogP contribution is -2.27. The van der Waals surface area contributed by atoms with Crippen LogP contribution < -0.4 is 4.74 Å². The van der Waals surface area contributed by atoms with E-state index in [1.807, 2.05) is 43.0 Å². The fourth-order valence-electron chi connectivity index (χ4n) is 3.84. The van der Waals surface area contributed by atoms with Crippen LogP contribution in [0.25, 0.3) is 11.4 Å². The predicted molar refractivity (Wildman–Crippen MR) is 119 cm³/mol. The lowest BCUT2D eigenvalue weighted by Gasteiger charge is -2.22. The molecular formula is C25H29N3O3. The van der Waals surface area contributed by atoms with Gasteiger partial charge in [-0.1, -0.05) is 43.3 Å². The predicted octanol–water partition coefficient (Wildman–Crippen LogP) is 5.51. The number of likely N-dealkylation sites (tertiary alicyclic amines) is 1. The normalized spacial score (nSPS) is 16.5. The van der Waals surface area contributed by atoms with E-state index in [4.69, 9.17) is 9.26 Å². The average Bonchev–Trinajstić information content (AvgIpc) is 3.36. The molecule has 2 heterocycles. The number of ether oxygens (including phenoxy) is 1. The van der Waals surface area contributed by atoms with Crippen molar-refractivity contribution in [3.63, 3.8) is 0 Å². The van der Waals surface area contributed by atoms with Crippen LogP contribution in [0.4, 0.5) is 0 Å². The molecule has 0 radical (unpaired) electrons. The fourth-order valence-corrected chi connectivity index (χ4v) is 3.84. The molecule has 3 aromatic rings. The number of carbonyl (C=O) groups is 1. The van der Waals surface area contributed by atoms with Crippen LogP contribution in [0.5, 0.6) is 5.75 Å². The molecule has 0 spiro atoms. The second kappa shape index (κ2) is 8.92. The SMILES string of the molecule is CC(C)Oc1ccc(-c2noc(C3CCC(=O)N3Cc3ccc(C(C)C)cc3)n2)cc1. The molecule has 0 saturated carbocycles. The summed E-state index contributed by atoms with van der Waals surface area (Å²) in [6.45, 7) is 8.88. The van der Waals surface area contributed by atoms with Gasteiger partial charge in [0.1, 0.15) is 11.8 Å². The third-order valence-electron chi connectivity index (χ3n) is 5.54. The number of hydrogen-bond acceptors (Lipinski definition) is 5. The molecule has 1 aliphatic rings. The minimum absolute atomic E-state index is 0.118. The van der Waals surface area contributed by atoms with E-state index >= 15 is 0 Å². The molecule has 1 aromatic heterocycles. The molecule has 6 nitrogen and oxygen atoms in total. The summed E-state index contributed by atoms with van der Waals surface area (Å²) >= 11 is 0. The Labute approximate surface area is 183 Å². The monoisotopic (exact) mass is 419 g/mol. The summed E-state index contributed by atoms with van der Waals surface area (Å²) in [6.07, 6.45) is 1.30. The van der Waals surface area contributed by atoms with Gasteiger partial charge in [0.15, 0.2) is 0 Å². The first kappa shape index (κ1) is 21.1. The molecule has 0 bridgehead atoms. The lowest BCUT2D eigenvalue weighted by atomic mass is 10.0. The molecule has 4 rings (SSSR count). The molecule has 1 saturated heterocycles. The summed E-state index contributed by atoms with van der Waals surface area (Å²) in [4.78, 5) is 19.0. The summed E-state index contributed by atoms with van der Waals surface area (Å²) in [6, 6.07) is 15.9. The highest BCUT2D eigenvalue weighted by atomic mass is 16.5. The van der Waals surface area contributed by atoms with Crippen molar-refractivity contribution in [1.29, 1.82) is 0 Å². The van der Waals surface area contributed by atoms with E-state index in [1.54, 1.807) is 0 Å². The minimum atomic E-state index is -0.193. The zero-order valence-corrected chi connectivity index (χ0v) is 18.5. The molecule has 31 heavy (non-hydrogen) atoms. The van der Waals surface area contributed by atoms with Crippen LogP contribution >= 0.6 is 0 Å². The Hall–Kier alpha value is -3.15. The summed E-state index contributed by atoms with van der Waals surface area (Å²) in [5.41, 5.74) is 3.25. The van der Waals surface area contributed by atoms with Gasteiger partial charge < -0.3 is 14.2 Å². The first-order valence-electron chi connectivity index (χ1n) is 10.9. The molecule has 6 heteroatoms. The van der Waals surface area contributed by atoms with Crippen molar-refractivity contribution < 1.29 is 14.1 Å². The van der Waals surface area contributed by atoms with E-state index in [1.165, 1.54) is 5.56 Å². The standard InChI is InChI=1S/C25H29N3O3/c1-16(2)19-7-5-18(6-8-19)15-28-22(13-14-23(28)29)25-26-24(27-31-25)20-9-11-21(12-10-20)30-17(3)4/h5-12,16-17,22H,13-15H2,1-4H3. The zero-order valence-electron chi connectivity index (χ0n) is 18.5. The average molecular weight is 420 g/mol. The summed E-state index contributed by atoms with van der Waals surface area (Å²) in [7, 11) is 0. The fraction of sp³-hybridized carbons (Fsp3) is 0.400. The summed E-state index contributed by atoms with van der Waals surface area (Å²) in [5.74, 6) is 2.42. The first-order valence-corrected chi connectivity index (χ1v) is 10.9. The summed E-state index contributed by atoms with van der Waals surface area (Å²) < 4.78 is 11.3. The van der Waals surface area contributed by atoms with Crippen LogP contribution in [0.15, 0.2) is 53.1 Å². The van der Waals surface area contributed by atoms with E-state index in [9.17, 15) is 4.79 Å². The van der Waals surface area contributed by atoms with Gasteiger partial charge in [-0.15, -0.1) is 0 Å². The highest BCUT2D eigenvalue weighted by Gasteiger charge is 2.36. The molecule has 162 valence electrons. The van der Waals surface area contributed by atoms with Crippen molar-refractivity contribution in [3.8, 4) is 17.1 Å². The highest BCUT2D eigenvalue weighted by Crippen LogP contribution is 2.34. The quantitative estimate of drug-likeness (QED) is 0.505. The Bertz CT molecular complexity index is 1020. The second-order valence-electron chi connectivity index (χ2n) is 8.62. The van der Waals surface area contributed by atoms with Crippen LogP contribution in [0.2, 0.25) is 0 Å². The smallest absolute Gasteiger partial charge is 0.249 e. The maximum atomic E-state index is 12.6. The van der Waals surface area contributed by atoms with Gasteiger partial charge in [-0.05, 0) is 61.6 Å². The molecule has 1 aliphatic heterocycles. The molecule has 1 unspecified atom stereocenters. The van der Waals surface area contributed by atoms with Crippen LogP contribution in [-0.4, -0.2) is 27.1 Å². The molecule has 2 aromatic carbocycles. The number of aromatic nitrogens is 2. The van der Waals surface area contributed by atoms with E-state index < -0.39 is 0 Å². The first-order chi connectivity index (χ1) is 14.9. The Morgan fingerprint density at radius 3 is 2.42 bits per heavy atom. The largest absolute Gasteiger partial charge is 0.491 e. The highest BCUT2D eigenvalue weighted by molar-refractivity contribution is 5.78. The third kappa shape index (κ3) is 4.79. The van der Waals surface area contributed by atoms with Crippen molar-refractivity contribution in [2.45, 2.75) is 65.1 Å². The third-order valence-corrected chi connectivity index (χ3v) is 5.54. The van der Waals surface area contributed by atoms with Crippen molar-refractivity contribution in [2.75, 3.05) is 0 Å². The number of carbonyl (C=O) groups excluding carboxylic acids is 1. The molecule has 0 aliphatic carbocycles. The van der Waals surface area contributed by atoms with E-state index in [0.29, 0.717) is 37.0 Å². The Kier molecular flexibility index (Phi) is 6.07. The topological polar surface area (TPSA) is 68.5 Å². The number of benzene rings is 2. The minimum Gasteiger partial charge on any atom is -0.491 e. The number of nitrogens with zero attached hydrogens (tertiary/aromatic N) is 3. The van der Waals surface area contributed by atoms with Gasteiger partial charge in [-0.25, -0.2) is 0 Å². The van der Waals surface area contributed by atoms with Gasteiger partial charge in [0.25, 0.3) is 0 Å². The molecule has 1 atom stereocenters. The van der Waals surface area contributed by atoms with E-state index in [2.05, 4.69) is 48.3 Å². The molecule has 0 N–H and O–H groups in total. The lowest BCUT2D eigenvalue weighted by molar-refractivity contribution is -0.129. The molecular weight excluding hydrogens is 390 g/mol. The van der Waals surface area contributed by atoms with Gasteiger partial charge in [0.2, 0.25) is 17.6 Å². The molecule has 1 fully saturated rings. The Balaban J connectivity index is 1.49. The second-order valence-corrected chi connectivity index (χ2v) is 8.62. The van der Waals surface area contributed by atoms with Crippen LogP contribution in [0.1, 0.15) is 69.5 Å². The zero-order chi connectivity index (χ0) is 22.0. The number of amides is 1. The maximum Gasteiger partial charge on any atom is 0.249 e. The van der Waals surface area contributed by atoms with Gasteiger partial charge in [-0.3, -0.25) is 4.79 Å². The number of hydrogen-bond donors (Lipinski definition) is 0. The van der Waals surface area contributed by atoms with E-state index in [0.717, 1.165) is 16.9 Å². The van der Waals surface area contributed by atoms with Crippen molar-refractivity contribution in [3.05, 3.63) is 65.5 Å². The van der Waals surface area contributed by atoms with Gasteiger partial charge >= 0.3 is 0 Å². The van der Waals surface area contributed by atoms with Gasteiger partial charge in [0, 0.05) is 18.5 Å². The van der Waals surface area contributed by atoms with Crippen LogP contribution in [0, 0.1) is 0 Å². The van der Waals surface area contributed by atoms with Crippen molar-refractivity contribution in [1.82, 2.24) is 15.0 Å². The Morgan fingerprint density at radius 2 is 1.77 bits per heavy atom. The Morgan fingerprint density at radius 1 is 1.06 bits per heavy atom. The molecule has 1 amide bonds. The van der Waals surface area contributed by atoms with Gasteiger partial charge in [-0.2, -0.15) is 4.98 Å². The van der Waals surface area contributed by atoms with Crippen molar-refractivity contribution in [2.24, 2.45) is 0 Å². The summed E-state index contributed by atoms with van der Waals surface area (Å²) in [5, 5.41) is 4.15. The van der Waals surface area contributed by atoms with Crippen molar-refractivity contribution >= 4 is 5.91 Å². The number of rotatable bonds is 7. The van der Waals surface area contributed by atoms with E-state index in [-0.39, 0.29) is 18.1 Å². The maximum absolute atomic E-state index is 12.6. The van der Waals surface area contributed by atoms with Crippen LogP contribution in [-0.2, 0) is 11.3 Å². The van der Waals surface area contributed by atoms with Crippen LogP contribution in [0.3, 0.4) is 0 Å².